The monoisotopic (exact) mass is 403 g/mol. The molecule has 0 heterocycles. The van der Waals surface area contributed by atoms with Gasteiger partial charge in [0.2, 0.25) is 0 Å². The maximum absolute atomic E-state index is 13.1. The Balaban J connectivity index is 2.47. The summed E-state index contributed by atoms with van der Waals surface area (Å²) in [6, 6.07) is 6.99. The quantitative estimate of drug-likeness (QED) is 0.748. The van der Waals surface area contributed by atoms with Gasteiger partial charge < -0.3 is 0 Å². The topological polar surface area (TPSA) is 80.3 Å². The smallest absolute Gasteiger partial charge is 0.263 e. The Morgan fingerprint density at radius 2 is 1.84 bits per heavy atom. The molecular weight excluding hydrogens is 389 g/mol. The zero-order valence-electron chi connectivity index (χ0n) is 13.2. The van der Waals surface area contributed by atoms with Crippen molar-refractivity contribution in [2.75, 3.05) is 10.5 Å². The Morgan fingerprint density at radius 3 is 2.44 bits per heavy atom. The lowest BCUT2D eigenvalue weighted by molar-refractivity contribution is 0.596. The van der Waals surface area contributed by atoms with E-state index in [2.05, 4.69) is 11.3 Å². The number of sulfone groups is 1. The van der Waals surface area contributed by atoms with Gasteiger partial charge >= 0.3 is 0 Å². The molecule has 0 aliphatic carbocycles. The van der Waals surface area contributed by atoms with Gasteiger partial charge in [-0.1, -0.05) is 23.7 Å². The first-order valence-electron chi connectivity index (χ1n) is 6.99. The molecule has 0 atom stereocenters. The van der Waals surface area contributed by atoms with Gasteiger partial charge in [0.1, 0.15) is 10.7 Å². The molecule has 2 aromatic rings. The van der Waals surface area contributed by atoms with E-state index in [0.29, 0.717) is 5.56 Å². The van der Waals surface area contributed by atoms with Crippen LogP contribution < -0.4 is 4.72 Å². The number of nitrogens with one attached hydrogen (secondary N) is 1. The molecule has 0 aromatic heterocycles. The van der Waals surface area contributed by atoms with Gasteiger partial charge in [-0.05, 0) is 42.8 Å². The van der Waals surface area contributed by atoms with Crippen molar-refractivity contribution in [3.8, 4) is 0 Å². The second-order valence-corrected chi connectivity index (χ2v) is 9.32. The van der Waals surface area contributed by atoms with Crippen LogP contribution in [0.4, 0.5) is 10.1 Å². The predicted molar refractivity (Wildman–Crippen MR) is 95.6 cm³/mol. The Kier molecular flexibility index (Phi) is 5.55. The molecule has 134 valence electrons. The van der Waals surface area contributed by atoms with Crippen LogP contribution in [0.25, 0.3) is 0 Å². The molecule has 0 saturated carbocycles. The van der Waals surface area contributed by atoms with Crippen molar-refractivity contribution < 1.29 is 21.2 Å². The molecular formula is C16H15ClFNO4S2. The molecule has 0 unspecified atom stereocenters. The van der Waals surface area contributed by atoms with Gasteiger partial charge in [0.05, 0.1) is 21.4 Å². The molecule has 0 saturated heterocycles. The fourth-order valence-electron chi connectivity index (χ4n) is 2.05. The van der Waals surface area contributed by atoms with Crippen molar-refractivity contribution in [3.63, 3.8) is 0 Å². The van der Waals surface area contributed by atoms with E-state index >= 15 is 0 Å². The highest BCUT2D eigenvalue weighted by atomic mass is 35.5. The standard InChI is InChI=1S/C16H15ClFNO4S2/c1-3-8-24(20,21)13-6-4-11(2)15(10-13)19-25(22,23)16-7-5-12(18)9-14(16)17/h3-7,9-10,19H,1,8H2,2H3. The maximum Gasteiger partial charge on any atom is 0.263 e. The number of aryl methyl sites for hydroxylation is 1. The number of hydrogen-bond donors (Lipinski definition) is 1. The van der Waals surface area contributed by atoms with Gasteiger partial charge in [-0.3, -0.25) is 4.72 Å². The molecule has 2 aromatic carbocycles. The van der Waals surface area contributed by atoms with Crippen molar-refractivity contribution in [2.45, 2.75) is 16.7 Å². The SMILES string of the molecule is C=CCS(=O)(=O)c1ccc(C)c(NS(=O)(=O)c2ccc(F)cc2Cl)c1. The Labute approximate surface area is 151 Å². The van der Waals surface area contributed by atoms with E-state index in [9.17, 15) is 21.2 Å². The van der Waals surface area contributed by atoms with E-state index in [1.165, 1.54) is 24.3 Å². The van der Waals surface area contributed by atoms with E-state index in [1.54, 1.807) is 6.92 Å². The number of sulfonamides is 1. The summed E-state index contributed by atoms with van der Waals surface area (Å²) in [6.07, 6.45) is 1.25. The fourth-order valence-corrected chi connectivity index (χ4v) is 4.78. The Bertz CT molecular complexity index is 1030. The van der Waals surface area contributed by atoms with Crippen LogP contribution >= 0.6 is 11.6 Å². The van der Waals surface area contributed by atoms with Gasteiger partial charge in [0.25, 0.3) is 10.0 Å². The molecule has 25 heavy (non-hydrogen) atoms. The van der Waals surface area contributed by atoms with Gasteiger partial charge in [-0.25, -0.2) is 21.2 Å². The Hall–Kier alpha value is -1.90. The first kappa shape index (κ1) is 19.4. The highest BCUT2D eigenvalue weighted by Gasteiger charge is 2.21. The molecule has 0 aliphatic heterocycles. The average Bonchev–Trinajstić information content (AvgIpc) is 2.48. The third-order valence-corrected chi connectivity index (χ3v) is 6.83. The van der Waals surface area contributed by atoms with Crippen LogP contribution in [0.1, 0.15) is 5.56 Å². The number of halogens is 2. The molecule has 1 N–H and O–H groups in total. The van der Waals surface area contributed by atoms with E-state index in [0.717, 1.165) is 18.2 Å². The van der Waals surface area contributed by atoms with Gasteiger partial charge in [-0.2, -0.15) is 0 Å². The number of rotatable bonds is 6. The van der Waals surface area contributed by atoms with Crippen molar-refractivity contribution in [3.05, 3.63) is 65.5 Å². The summed E-state index contributed by atoms with van der Waals surface area (Å²) in [4.78, 5) is -0.352. The van der Waals surface area contributed by atoms with Crippen LogP contribution in [-0.2, 0) is 19.9 Å². The summed E-state index contributed by atoms with van der Waals surface area (Å²) < 4.78 is 64.6. The minimum Gasteiger partial charge on any atom is -0.279 e. The first-order chi connectivity index (χ1) is 11.6. The molecule has 0 aliphatic rings. The van der Waals surface area contributed by atoms with Gasteiger partial charge in [-0.15, -0.1) is 6.58 Å². The minimum absolute atomic E-state index is 0.0408. The van der Waals surface area contributed by atoms with Crippen LogP contribution in [0, 0.1) is 12.7 Å². The predicted octanol–water partition coefficient (Wildman–Crippen LogP) is 3.55. The summed E-state index contributed by atoms with van der Waals surface area (Å²) in [7, 11) is -7.73. The largest absolute Gasteiger partial charge is 0.279 e. The third-order valence-electron chi connectivity index (χ3n) is 3.33. The highest BCUT2D eigenvalue weighted by molar-refractivity contribution is 7.93. The lowest BCUT2D eigenvalue weighted by Gasteiger charge is -2.13. The molecule has 0 fully saturated rings. The molecule has 0 spiro atoms. The van der Waals surface area contributed by atoms with Crippen LogP contribution in [0.2, 0.25) is 5.02 Å². The summed E-state index contributed by atoms with van der Waals surface area (Å²) >= 11 is 5.80. The molecule has 2 rings (SSSR count). The normalized spacial score (nSPS) is 12.0. The van der Waals surface area contributed by atoms with Gasteiger partial charge in [0, 0.05) is 0 Å². The molecule has 9 heteroatoms. The summed E-state index contributed by atoms with van der Waals surface area (Å²) in [5.74, 6) is -0.941. The van der Waals surface area contributed by atoms with Crippen molar-refractivity contribution >= 4 is 37.1 Å². The van der Waals surface area contributed by atoms with Crippen molar-refractivity contribution in [1.29, 1.82) is 0 Å². The van der Waals surface area contributed by atoms with E-state index in [1.807, 2.05) is 0 Å². The molecule has 5 nitrogen and oxygen atoms in total. The lowest BCUT2D eigenvalue weighted by Crippen LogP contribution is -2.15. The van der Waals surface area contributed by atoms with Crippen LogP contribution in [-0.4, -0.2) is 22.6 Å². The maximum atomic E-state index is 13.1. The van der Waals surface area contributed by atoms with E-state index in [-0.39, 0.29) is 26.3 Å². The second-order valence-electron chi connectivity index (χ2n) is 5.23. The highest BCUT2D eigenvalue weighted by Crippen LogP contribution is 2.27. The number of hydrogen-bond acceptors (Lipinski definition) is 4. The van der Waals surface area contributed by atoms with Crippen molar-refractivity contribution in [1.82, 2.24) is 0 Å². The summed E-state index contributed by atoms with van der Waals surface area (Å²) in [5.41, 5.74) is 0.602. The molecule has 0 radical (unpaired) electrons. The van der Waals surface area contributed by atoms with Crippen LogP contribution in [0.15, 0.2) is 58.8 Å². The minimum atomic E-state index is -4.12. The van der Waals surface area contributed by atoms with E-state index in [4.69, 9.17) is 11.6 Å². The summed E-state index contributed by atoms with van der Waals surface area (Å²) in [5, 5.41) is -0.277. The van der Waals surface area contributed by atoms with Crippen LogP contribution in [0.3, 0.4) is 0 Å². The fraction of sp³-hybridized carbons (Fsp3) is 0.125. The average molecular weight is 404 g/mol. The molecule has 0 amide bonds. The Morgan fingerprint density at radius 1 is 1.16 bits per heavy atom. The lowest BCUT2D eigenvalue weighted by atomic mass is 10.2. The summed E-state index contributed by atoms with van der Waals surface area (Å²) in [6.45, 7) is 5.01. The number of benzene rings is 2. The molecule has 0 bridgehead atoms. The zero-order chi connectivity index (χ0) is 18.8. The second kappa shape index (κ2) is 7.15. The number of anilines is 1. The van der Waals surface area contributed by atoms with Gasteiger partial charge in [0.15, 0.2) is 9.84 Å². The third kappa shape index (κ3) is 4.39. The zero-order valence-corrected chi connectivity index (χ0v) is 15.6. The van der Waals surface area contributed by atoms with Crippen LogP contribution in [0.5, 0.6) is 0 Å². The van der Waals surface area contributed by atoms with E-state index < -0.39 is 25.7 Å². The first-order valence-corrected chi connectivity index (χ1v) is 10.5. The van der Waals surface area contributed by atoms with Crippen molar-refractivity contribution in [2.24, 2.45) is 0 Å².